The van der Waals surface area contributed by atoms with Gasteiger partial charge in [-0.1, -0.05) is 54.6 Å². The summed E-state index contributed by atoms with van der Waals surface area (Å²) in [5.41, 5.74) is 6.84. The van der Waals surface area contributed by atoms with Gasteiger partial charge in [-0.05, 0) is 41.5 Å². The molecule has 0 amide bonds. The molecule has 2 nitrogen and oxygen atoms in total. The number of fused-ring (bicyclic) bond motifs is 7. The van der Waals surface area contributed by atoms with Crippen molar-refractivity contribution in [3.8, 4) is 11.1 Å². The first-order valence-electron chi connectivity index (χ1n) is 9.19. The molecular formula is C25H17NO. The highest BCUT2D eigenvalue weighted by molar-refractivity contribution is 6.24. The van der Waals surface area contributed by atoms with E-state index in [2.05, 4.69) is 84.4 Å². The summed E-state index contributed by atoms with van der Waals surface area (Å²) in [6.45, 7) is 0. The number of benzene rings is 4. The molecule has 6 aromatic rings. The van der Waals surface area contributed by atoms with Crippen LogP contribution in [0.2, 0.25) is 0 Å². The molecule has 6 rings (SSSR count). The Kier molecular flexibility index (Phi) is 2.84. The van der Waals surface area contributed by atoms with E-state index in [4.69, 9.17) is 4.42 Å². The zero-order valence-electron chi connectivity index (χ0n) is 14.9. The number of aromatic nitrogens is 1. The maximum atomic E-state index is 6.09. The quantitative estimate of drug-likeness (QED) is 0.316. The summed E-state index contributed by atoms with van der Waals surface area (Å²) in [4.78, 5) is 0. The van der Waals surface area contributed by atoms with E-state index >= 15 is 0 Å². The van der Waals surface area contributed by atoms with E-state index in [1.807, 2.05) is 12.1 Å². The molecule has 2 heterocycles. The normalized spacial score (nSPS) is 11.9. The Hall–Kier alpha value is -3.52. The van der Waals surface area contributed by atoms with Crippen LogP contribution >= 0.6 is 0 Å². The number of hydrogen-bond acceptors (Lipinski definition) is 1. The van der Waals surface area contributed by atoms with E-state index in [0.29, 0.717) is 0 Å². The molecule has 4 aromatic carbocycles. The molecule has 0 aliphatic heterocycles. The van der Waals surface area contributed by atoms with Gasteiger partial charge in [-0.25, -0.2) is 0 Å². The average molecular weight is 347 g/mol. The van der Waals surface area contributed by atoms with Crippen molar-refractivity contribution < 1.29 is 4.42 Å². The summed E-state index contributed by atoms with van der Waals surface area (Å²) in [5, 5.41) is 4.92. The number of rotatable bonds is 1. The second-order valence-corrected chi connectivity index (χ2v) is 7.09. The second-order valence-electron chi connectivity index (χ2n) is 7.09. The van der Waals surface area contributed by atoms with Crippen LogP contribution in [0, 0.1) is 0 Å². The molecule has 0 spiro atoms. The minimum absolute atomic E-state index is 0.940. The van der Waals surface area contributed by atoms with Gasteiger partial charge in [-0.2, -0.15) is 0 Å². The molecule has 27 heavy (non-hydrogen) atoms. The minimum atomic E-state index is 0.940. The predicted octanol–water partition coefficient (Wildman–Crippen LogP) is 6.90. The fourth-order valence-corrected chi connectivity index (χ4v) is 4.34. The molecule has 0 fully saturated rings. The van der Waals surface area contributed by atoms with Gasteiger partial charge < -0.3 is 8.98 Å². The molecule has 0 N–H and O–H groups in total. The van der Waals surface area contributed by atoms with E-state index in [1.54, 1.807) is 0 Å². The van der Waals surface area contributed by atoms with Crippen LogP contribution in [0.3, 0.4) is 0 Å². The first-order chi connectivity index (χ1) is 13.3. The van der Waals surface area contributed by atoms with Crippen LogP contribution in [-0.2, 0) is 7.05 Å². The highest BCUT2D eigenvalue weighted by Crippen LogP contribution is 2.39. The fraction of sp³-hybridized carbons (Fsp3) is 0.0400. The number of para-hydroxylation sites is 1. The fourth-order valence-electron chi connectivity index (χ4n) is 4.34. The lowest BCUT2D eigenvalue weighted by Gasteiger charge is -2.03. The van der Waals surface area contributed by atoms with E-state index in [0.717, 1.165) is 11.2 Å². The van der Waals surface area contributed by atoms with Crippen molar-refractivity contribution in [1.82, 2.24) is 4.57 Å². The maximum Gasteiger partial charge on any atom is 0.137 e. The van der Waals surface area contributed by atoms with Crippen LogP contribution in [0.15, 0.2) is 89.3 Å². The van der Waals surface area contributed by atoms with Crippen molar-refractivity contribution >= 4 is 43.7 Å². The van der Waals surface area contributed by atoms with Crippen LogP contribution in [0.5, 0.6) is 0 Å². The van der Waals surface area contributed by atoms with Gasteiger partial charge in [-0.3, -0.25) is 0 Å². The molecule has 0 radical (unpaired) electrons. The highest BCUT2D eigenvalue weighted by Gasteiger charge is 2.16. The second kappa shape index (κ2) is 5.24. The zero-order valence-corrected chi connectivity index (χ0v) is 14.9. The Labute approximate surface area is 156 Å². The molecule has 0 saturated heterocycles. The maximum absolute atomic E-state index is 6.09. The van der Waals surface area contributed by atoms with Gasteiger partial charge >= 0.3 is 0 Å². The van der Waals surface area contributed by atoms with Crippen molar-refractivity contribution in [3.63, 3.8) is 0 Å². The monoisotopic (exact) mass is 347 g/mol. The third-order valence-corrected chi connectivity index (χ3v) is 5.61. The lowest BCUT2D eigenvalue weighted by molar-refractivity contribution is 0.669. The Morgan fingerprint density at radius 3 is 2.33 bits per heavy atom. The van der Waals surface area contributed by atoms with Crippen molar-refractivity contribution in [2.24, 2.45) is 7.05 Å². The van der Waals surface area contributed by atoms with E-state index in [1.165, 1.54) is 43.7 Å². The van der Waals surface area contributed by atoms with Crippen molar-refractivity contribution in [1.29, 1.82) is 0 Å². The minimum Gasteiger partial charge on any atom is -0.456 e. The highest BCUT2D eigenvalue weighted by atomic mass is 16.3. The van der Waals surface area contributed by atoms with Gasteiger partial charge in [0.25, 0.3) is 0 Å². The van der Waals surface area contributed by atoms with Crippen LogP contribution in [0.25, 0.3) is 54.9 Å². The standard InChI is InChI=1S/C25H17NO/c1-26-21-13-11-17(16-7-3-2-4-8-16)15-20(21)18-12-14-23-24(25(18)26)19-9-5-6-10-22(19)27-23/h2-15H,1H3. The molecule has 0 aliphatic carbocycles. The van der Waals surface area contributed by atoms with Crippen LogP contribution in [0.4, 0.5) is 0 Å². The smallest absolute Gasteiger partial charge is 0.137 e. The Bertz CT molecular complexity index is 1470. The Balaban J connectivity index is 1.77. The molecule has 128 valence electrons. The third-order valence-electron chi connectivity index (χ3n) is 5.61. The SMILES string of the molecule is Cn1c2ccc(-c3ccccc3)cc2c2ccc3oc4ccccc4c3c21. The largest absolute Gasteiger partial charge is 0.456 e. The lowest BCUT2D eigenvalue weighted by atomic mass is 10.0. The van der Waals surface area contributed by atoms with Crippen LogP contribution < -0.4 is 0 Å². The molecule has 2 heteroatoms. The zero-order chi connectivity index (χ0) is 18.0. The van der Waals surface area contributed by atoms with Crippen molar-refractivity contribution in [2.75, 3.05) is 0 Å². The summed E-state index contributed by atoms with van der Waals surface area (Å²) in [6, 6.07) is 29.9. The summed E-state index contributed by atoms with van der Waals surface area (Å²) in [5.74, 6) is 0. The van der Waals surface area contributed by atoms with Gasteiger partial charge in [-0.15, -0.1) is 0 Å². The summed E-state index contributed by atoms with van der Waals surface area (Å²) < 4.78 is 8.39. The summed E-state index contributed by atoms with van der Waals surface area (Å²) in [6.07, 6.45) is 0. The molecule has 0 saturated carbocycles. The molecule has 0 bridgehead atoms. The summed E-state index contributed by atoms with van der Waals surface area (Å²) in [7, 11) is 2.15. The molecular weight excluding hydrogens is 330 g/mol. The average Bonchev–Trinajstić information content (AvgIpc) is 3.24. The van der Waals surface area contributed by atoms with Crippen molar-refractivity contribution in [3.05, 3.63) is 84.9 Å². The summed E-state index contributed by atoms with van der Waals surface area (Å²) >= 11 is 0. The Morgan fingerprint density at radius 2 is 1.44 bits per heavy atom. The van der Waals surface area contributed by atoms with E-state index in [-0.39, 0.29) is 0 Å². The lowest BCUT2D eigenvalue weighted by Crippen LogP contribution is -1.87. The van der Waals surface area contributed by atoms with Gasteiger partial charge in [0.05, 0.1) is 10.9 Å². The number of nitrogens with zero attached hydrogens (tertiary/aromatic N) is 1. The van der Waals surface area contributed by atoms with E-state index < -0.39 is 0 Å². The van der Waals surface area contributed by atoms with Gasteiger partial charge in [0.1, 0.15) is 11.2 Å². The molecule has 0 atom stereocenters. The topological polar surface area (TPSA) is 18.1 Å². The number of aryl methyl sites for hydroxylation is 1. The molecule has 0 unspecified atom stereocenters. The third kappa shape index (κ3) is 1.95. The molecule has 2 aromatic heterocycles. The number of furan rings is 1. The molecule has 0 aliphatic rings. The number of hydrogen-bond donors (Lipinski definition) is 0. The van der Waals surface area contributed by atoms with Crippen LogP contribution in [-0.4, -0.2) is 4.57 Å². The Morgan fingerprint density at radius 1 is 0.630 bits per heavy atom. The van der Waals surface area contributed by atoms with Crippen molar-refractivity contribution in [2.45, 2.75) is 0 Å². The van der Waals surface area contributed by atoms with Crippen LogP contribution in [0.1, 0.15) is 0 Å². The van der Waals surface area contributed by atoms with E-state index in [9.17, 15) is 0 Å². The van der Waals surface area contributed by atoms with Gasteiger partial charge in [0.15, 0.2) is 0 Å². The predicted molar refractivity (Wildman–Crippen MR) is 113 cm³/mol. The van der Waals surface area contributed by atoms with Gasteiger partial charge in [0.2, 0.25) is 0 Å². The first kappa shape index (κ1) is 14.6. The van der Waals surface area contributed by atoms with Gasteiger partial charge in [0, 0.05) is 28.7 Å². The first-order valence-corrected chi connectivity index (χ1v) is 9.19.